The Balaban J connectivity index is 1.54. The van der Waals surface area contributed by atoms with Crippen LogP contribution in [0.3, 0.4) is 0 Å². The third-order valence-corrected chi connectivity index (χ3v) is 3.48. The first-order valence-corrected chi connectivity index (χ1v) is 7.43. The molecule has 4 aromatic heterocycles. The fourth-order valence-corrected chi connectivity index (χ4v) is 2.35. The molecule has 1 N–H and O–H groups in total. The van der Waals surface area contributed by atoms with Crippen molar-refractivity contribution in [1.82, 2.24) is 44.8 Å². The molecule has 4 rings (SSSR count). The maximum atomic E-state index is 11.9. The molecule has 0 radical (unpaired) electrons. The van der Waals surface area contributed by atoms with Gasteiger partial charge in [0.05, 0.1) is 12.1 Å². The van der Waals surface area contributed by atoms with E-state index < -0.39 is 0 Å². The summed E-state index contributed by atoms with van der Waals surface area (Å²) in [6, 6.07) is 3.65. The van der Waals surface area contributed by atoms with Gasteiger partial charge in [0.15, 0.2) is 17.3 Å². The Kier molecular flexibility index (Phi) is 3.65. The topological polar surface area (TPSA) is 129 Å². The van der Waals surface area contributed by atoms with Crippen LogP contribution < -0.4 is 5.32 Å². The molecule has 0 aliphatic heterocycles. The molecule has 0 aromatic carbocycles. The Hall–Kier alpha value is -3.63. The molecule has 4 aromatic rings. The predicted molar refractivity (Wildman–Crippen MR) is 82.9 cm³/mol. The first-order valence-electron chi connectivity index (χ1n) is 7.43. The maximum absolute atomic E-state index is 11.9. The minimum atomic E-state index is -0.203. The number of amides is 1. The Morgan fingerprint density at radius 2 is 2.28 bits per heavy atom. The molecule has 126 valence electrons. The summed E-state index contributed by atoms with van der Waals surface area (Å²) < 4.78 is 8.40. The summed E-state index contributed by atoms with van der Waals surface area (Å²) in [4.78, 5) is 19.9. The van der Waals surface area contributed by atoms with Crippen LogP contribution in [0.4, 0.5) is 0 Å². The number of fused-ring (bicyclic) bond motifs is 1. The van der Waals surface area contributed by atoms with E-state index in [1.54, 1.807) is 17.5 Å². The molecule has 11 heteroatoms. The number of carbonyl (C=O) groups is 1. The molecule has 0 saturated heterocycles. The molecule has 0 bridgehead atoms. The van der Waals surface area contributed by atoms with Crippen molar-refractivity contribution in [2.24, 2.45) is 0 Å². The second-order valence-corrected chi connectivity index (χ2v) is 5.25. The molecular weight excluding hydrogens is 326 g/mol. The number of pyridine rings is 1. The fraction of sp³-hybridized carbons (Fsp3) is 0.214. The molecule has 0 aliphatic carbocycles. The van der Waals surface area contributed by atoms with E-state index >= 15 is 0 Å². The van der Waals surface area contributed by atoms with Gasteiger partial charge in [-0.25, -0.2) is 9.67 Å². The van der Waals surface area contributed by atoms with Gasteiger partial charge in [0.1, 0.15) is 19.2 Å². The minimum absolute atomic E-state index is 0.0866. The lowest BCUT2D eigenvalue weighted by Crippen LogP contribution is -2.28. The summed E-state index contributed by atoms with van der Waals surface area (Å²) in [7, 11) is 0. The molecule has 4 heterocycles. The molecule has 0 unspecified atom stereocenters. The van der Waals surface area contributed by atoms with E-state index in [9.17, 15) is 4.79 Å². The van der Waals surface area contributed by atoms with Crippen LogP contribution in [0.1, 0.15) is 11.6 Å². The van der Waals surface area contributed by atoms with Gasteiger partial charge in [0, 0.05) is 6.20 Å². The standard InChI is InChI=1S/C14H13N9O2/c1-9-18-14(25-21-9)10-3-2-4-23-11(19-20-13(10)23)5-16-12(24)6-22-8-15-7-17-22/h2-4,7-8H,5-6H2,1H3,(H,16,24). The molecule has 0 saturated carbocycles. The predicted octanol–water partition coefficient (Wildman–Crippen LogP) is -0.00438. The highest BCUT2D eigenvalue weighted by Gasteiger charge is 2.15. The van der Waals surface area contributed by atoms with Crippen LogP contribution in [-0.2, 0) is 17.9 Å². The number of aromatic nitrogens is 8. The van der Waals surface area contributed by atoms with Gasteiger partial charge >= 0.3 is 0 Å². The Labute approximate surface area is 140 Å². The molecule has 0 atom stereocenters. The van der Waals surface area contributed by atoms with Gasteiger partial charge in [-0.15, -0.1) is 10.2 Å². The van der Waals surface area contributed by atoms with Gasteiger partial charge in [0.2, 0.25) is 5.91 Å². The second kappa shape index (κ2) is 6.11. The summed E-state index contributed by atoms with van der Waals surface area (Å²) >= 11 is 0. The van der Waals surface area contributed by atoms with Crippen LogP contribution >= 0.6 is 0 Å². The smallest absolute Gasteiger partial charge is 0.261 e. The van der Waals surface area contributed by atoms with E-state index in [0.29, 0.717) is 28.8 Å². The van der Waals surface area contributed by atoms with Crippen molar-refractivity contribution in [1.29, 1.82) is 0 Å². The summed E-state index contributed by atoms with van der Waals surface area (Å²) in [5.74, 6) is 1.29. The number of aryl methyl sites for hydroxylation is 1. The SMILES string of the molecule is Cc1noc(-c2cccn3c(CNC(=O)Cn4cncn4)nnc23)n1. The average Bonchev–Trinajstić information content (AvgIpc) is 3.33. The van der Waals surface area contributed by atoms with Gasteiger partial charge in [-0.05, 0) is 19.1 Å². The first kappa shape index (κ1) is 14.9. The third kappa shape index (κ3) is 2.94. The van der Waals surface area contributed by atoms with Gasteiger partial charge < -0.3 is 9.84 Å². The molecule has 25 heavy (non-hydrogen) atoms. The van der Waals surface area contributed by atoms with Crippen molar-refractivity contribution in [3.63, 3.8) is 0 Å². The Morgan fingerprint density at radius 1 is 1.36 bits per heavy atom. The molecule has 0 fully saturated rings. The van der Waals surface area contributed by atoms with Crippen molar-refractivity contribution >= 4 is 11.6 Å². The second-order valence-electron chi connectivity index (χ2n) is 5.25. The molecule has 0 spiro atoms. The lowest BCUT2D eigenvalue weighted by Gasteiger charge is -2.04. The number of hydrogen-bond acceptors (Lipinski definition) is 8. The van der Waals surface area contributed by atoms with Crippen LogP contribution in [0.15, 0.2) is 35.5 Å². The van der Waals surface area contributed by atoms with Gasteiger partial charge in [-0.1, -0.05) is 5.16 Å². The Bertz CT molecular complexity index is 1020. The summed E-state index contributed by atoms with van der Waals surface area (Å²) in [5, 5.41) is 18.7. The third-order valence-electron chi connectivity index (χ3n) is 3.48. The fourth-order valence-electron chi connectivity index (χ4n) is 2.35. The number of rotatable bonds is 5. The van der Waals surface area contributed by atoms with Gasteiger partial charge in [-0.2, -0.15) is 10.1 Å². The first-order chi connectivity index (χ1) is 12.2. The van der Waals surface area contributed by atoms with Gasteiger partial charge in [0.25, 0.3) is 5.89 Å². The van der Waals surface area contributed by atoms with Crippen molar-refractivity contribution in [2.75, 3.05) is 0 Å². The summed E-state index contributed by atoms with van der Waals surface area (Å²) in [5.41, 5.74) is 1.25. The number of nitrogens with one attached hydrogen (secondary N) is 1. The molecule has 1 amide bonds. The lowest BCUT2D eigenvalue weighted by atomic mass is 10.2. The summed E-state index contributed by atoms with van der Waals surface area (Å²) in [6.45, 7) is 2.05. The van der Waals surface area contributed by atoms with Crippen molar-refractivity contribution in [3.05, 3.63) is 42.6 Å². The van der Waals surface area contributed by atoms with E-state index in [-0.39, 0.29) is 19.0 Å². The monoisotopic (exact) mass is 339 g/mol. The van der Waals surface area contributed by atoms with Crippen LogP contribution in [0.5, 0.6) is 0 Å². The Morgan fingerprint density at radius 3 is 3.04 bits per heavy atom. The quantitative estimate of drug-likeness (QED) is 0.538. The largest absolute Gasteiger partial charge is 0.347 e. The zero-order chi connectivity index (χ0) is 17.2. The zero-order valence-electron chi connectivity index (χ0n) is 13.2. The highest BCUT2D eigenvalue weighted by atomic mass is 16.5. The van der Waals surface area contributed by atoms with E-state index in [1.807, 2.05) is 12.1 Å². The van der Waals surface area contributed by atoms with E-state index in [1.165, 1.54) is 17.3 Å². The molecular formula is C14H13N9O2. The van der Waals surface area contributed by atoms with Gasteiger partial charge in [-0.3, -0.25) is 9.20 Å². The number of carbonyl (C=O) groups excluding carboxylic acids is 1. The molecule has 0 aliphatic rings. The van der Waals surface area contributed by atoms with Crippen LogP contribution in [-0.4, -0.2) is 45.4 Å². The van der Waals surface area contributed by atoms with Crippen LogP contribution in [0.2, 0.25) is 0 Å². The summed E-state index contributed by atoms with van der Waals surface area (Å²) in [6.07, 6.45) is 4.66. The van der Waals surface area contributed by atoms with Crippen molar-refractivity contribution < 1.29 is 9.32 Å². The number of nitrogens with zero attached hydrogens (tertiary/aromatic N) is 8. The number of hydrogen-bond donors (Lipinski definition) is 1. The van der Waals surface area contributed by atoms with Crippen molar-refractivity contribution in [2.45, 2.75) is 20.0 Å². The molecule has 11 nitrogen and oxygen atoms in total. The normalized spacial score (nSPS) is 11.1. The van der Waals surface area contributed by atoms with Crippen LogP contribution in [0, 0.1) is 6.92 Å². The van der Waals surface area contributed by atoms with Crippen molar-refractivity contribution in [3.8, 4) is 11.5 Å². The lowest BCUT2D eigenvalue weighted by molar-refractivity contribution is -0.122. The zero-order valence-corrected chi connectivity index (χ0v) is 13.2. The highest BCUT2D eigenvalue weighted by molar-refractivity contribution is 5.75. The van der Waals surface area contributed by atoms with E-state index in [2.05, 4.69) is 35.7 Å². The average molecular weight is 339 g/mol. The maximum Gasteiger partial charge on any atom is 0.261 e. The van der Waals surface area contributed by atoms with E-state index in [4.69, 9.17) is 4.52 Å². The van der Waals surface area contributed by atoms with E-state index in [0.717, 1.165) is 0 Å². The van der Waals surface area contributed by atoms with Crippen LogP contribution in [0.25, 0.3) is 17.1 Å². The highest BCUT2D eigenvalue weighted by Crippen LogP contribution is 2.21. The minimum Gasteiger partial charge on any atom is -0.347 e.